The van der Waals surface area contributed by atoms with Gasteiger partial charge in [0.05, 0.1) is 4.75 Å². The summed E-state index contributed by atoms with van der Waals surface area (Å²) in [6.45, 7) is 7.15. The molecule has 0 spiro atoms. The first kappa shape index (κ1) is 16.3. The van der Waals surface area contributed by atoms with Gasteiger partial charge in [-0.1, -0.05) is 24.3 Å². The summed E-state index contributed by atoms with van der Waals surface area (Å²) < 4.78 is 21.0. The molecule has 1 aromatic rings. The molecule has 0 aromatic heterocycles. The highest BCUT2D eigenvalue weighted by molar-refractivity contribution is 7.85. The highest BCUT2D eigenvalue weighted by Crippen LogP contribution is 2.29. The van der Waals surface area contributed by atoms with Gasteiger partial charge in [-0.05, 0) is 44.7 Å². The van der Waals surface area contributed by atoms with Gasteiger partial charge < -0.3 is 10.5 Å². The normalized spacial score (nSPS) is 20.6. The van der Waals surface area contributed by atoms with E-state index in [1.165, 1.54) is 0 Å². The minimum Gasteiger partial charge on any atom is -0.381 e. The van der Waals surface area contributed by atoms with Gasteiger partial charge in [-0.2, -0.15) is 4.40 Å². The molecule has 1 atom stereocenters. The topological polar surface area (TPSA) is 64.7 Å². The molecule has 0 bridgehead atoms. The minimum atomic E-state index is -1.23. The van der Waals surface area contributed by atoms with Crippen molar-refractivity contribution in [2.45, 2.75) is 43.9 Å². The maximum Gasteiger partial charge on any atom is 0.144 e. The van der Waals surface area contributed by atoms with Crippen LogP contribution in [-0.2, 0) is 21.3 Å². The van der Waals surface area contributed by atoms with Crippen LogP contribution >= 0.6 is 0 Å². The Balaban J connectivity index is 2.09. The van der Waals surface area contributed by atoms with E-state index in [2.05, 4.69) is 4.40 Å². The third kappa shape index (κ3) is 4.22. The largest absolute Gasteiger partial charge is 0.381 e. The van der Waals surface area contributed by atoms with E-state index in [0.29, 0.717) is 13.2 Å². The molecule has 0 aliphatic carbocycles. The summed E-state index contributed by atoms with van der Waals surface area (Å²) in [7, 11) is -1.23. The van der Waals surface area contributed by atoms with Crippen LogP contribution < -0.4 is 5.73 Å². The number of rotatable bonds is 3. The monoisotopic (exact) mass is 308 g/mol. The van der Waals surface area contributed by atoms with E-state index in [9.17, 15) is 4.21 Å². The third-order valence-corrected chi connectivity index (χ3v) is 5.04. The number of nitrogens with two attached hydrogens (primary N) is 1. The smallest absolute Gasteiger partial charge is 0.144 e. The van der Waals surface area contributed by atoms with Crippen molar-refractivity contribution in [3.63, 3.8) is 0 Å². The van der Waals surface area contributed by atoms with Gasteiger partial charge in [-0.25, -0.2) is 4.21 Å². The number of benzene rings is 1. The molecule has 0 amide bonds. The van der Waals surface area contributed by atoms with Gasteiger partial charge in [0, 0.05) is 25.0 Å². The predicted molar refractivity (Wildman–Crippen MR) is 87.8 cm³/mol. The second kappa shape index (κ2) is 6.38. The van der Waals surface area contributed by atoms with Gasteiger partial charge >= 0.3 is 0 Å². The zero-order valence-corrected chi connectivity index (χ0v) is 13.8. The van der Waals surface area contributed by atoms with Crippen LogP contribution in [-0.4, -0.2) is 28.4 Å². The average molecular weight is 308 g/mol. The summed E-state index contributed by atoms with van der Waals surface area (Å²) in [6.07, 6.45) is 3.35. The minimum absolute atomic E-state index is 0.290. The highest BCUT2D eigenvalue weighted by atomic mass is 32.2. The zero-order chi connectivity index (χ0) is 15.5. The van der Waals surface area contributed by atoms with E-state index < -0.39 is 11.0 Å². The summed E-state index contributed by atoms with van der Waals surface area (Å²) in [4.78, 5) is 0. The number of hydrogen-bond donors (Lipinski definition) is 1. The van der Waals surface area contributed by atoms with Crippen molar-refractivity contribution in [3.05, 3.63) is 35.4 Å². The molecule has 1 heterocycles. The van der Waals surface area contributed by atoms with Crippen LogP contribution in [0.2, 0.25) is 0 Å². The molecule has 5 heteroatoms. The second-order valence-corrected chi connectivity index (χ2v) is 8.42. The molecule has 1 fully saturated rings. The number of ether oxygens (including phenoxy) is 1. The van der Waals surface area contributed by atoms with E-state index >= 15 is 0 Å². The first-order valence-corrected chi connectivity index (χ1v) is 8.35. The third-order valence-electron chi connectivity index (χ3n) is 3.69. The maximum atomic E-state index is 11.9. The highest BCUT2D eigenvalue weighted by Gasteiger charge is 2.29. The molecule has 1 unspecified atom stereocenters. The summed E-state index contributed by atoms with van der Waals surface area (Å²) in [6, 6.07) is 8.02. The molecule has 21 heavy (non-hydrogen) atoms. The van der Waals surface area contributed by atoms with Crippen molar-refractivity contribution in [1.29, 1.82) is 0 Å². The quantitative estimate of drug-likeness (QED) is 0.873. The lowest BCUT2D eigenvalue weighted by Crippen LogP contribution is -2.42. The van der Waals surface area contributed by atoms with Crippen molar-refractivity contribution < 1.29 is 8.95 Å². The summed E-state index contributed by atoms with van der Waals surface area (Å²) >= 11 is 0. The van der Waals surface area contributed by atoms with Crippen molar-refractivity contribution in [2.75, 3.05) is 13.2 Å². The van der Waals surface area contributed by atoms with E-state index in [4.69, 9.17) is 10.5 Å². The molecule has 2 N–H and O–H groups in total. The van der Waals surface area contributed by atoms with Crippen LogP contribution in [0.4, 0.5) is 0 Å². The lowest BCUT2D eigenvalue weighted by Gasteiger charge is -2.33. The molecule has 1 aromatic carbocycles. The van der Waals surface area contributed by atoms with Crippen LogP contribution in [0.1, 0.15) is 44.7 Å². The maximum absolute atomic E-state index is 11.9. The standard InChI is InChI=1S/C16H24N2O2S/c1-15(2,3)21(19)18-12-13-4-6-14(7-5-13)16(17)8-10-20-11-9-16/h4-7,12H,8-11,17H2,1-3H3. The van der Waals surface area contributed by atoms with E-state index in [0.717, 1.165) is 24.0 Å². The van der Waals surface area contributed by atoms with Crippen molar-refractivity contribution >= 4 is 17.2 Å². The van der Waals surface area contributed by atoms with E-state index in [1.54, 1.807) is 6.21 Å². The van der Waals surface area contributed by atoms with Gasteiger partial charge in [-0.3, -0.25) is 0 Å². The molecular weight excluding hydrogens is 284 g/mol. The van der Waals surface area contributed by atoms with Crippen molar-refractivity contribution in [3.8, 4) is 0 Å². The Bertz CT molecular complexity index is 526. The Morgan fingerprint density at radius 2 is 1.81 bits per heavy atom. The Morgan fingerprint density at radius 3 is 2.33 bits per heavy atom. The summed E-state index contributed by atoms with van der Waals surface area (Å²) in [5, 5.41) is 0. The predicted octanol–water partition coefficient (Wildman–Crippen LogP) is 2.53. The molecule has 1 aliphatic rings. The van der Waals surface area contributed by atoms with Crippen LogP contribution in [0.3, 0.4) is 0 Å². The average Bonchev–Trinajstić information content (AvgIpc) is 2.45. The molecule has 0 radical (unpaired) electrons. The van der Waals surface area contributed by atoms with Crippen LogP contribution in [0, 0.1) is 0 Å². The van der Waals surface area contributed by atoms with Gasteiger partial charge in [-0.15, -0.1) is 0 Å². The molecule has 116 valence electrons. The van der Waals surface area contributed by atoms with Gasteiger partial charge in [0.15, 0.2) is 0 Å². The molecule has 1 aliphatic heterocycles. The molecule has 4 nitrogen and oxygen atoms in total. The fraction of sp³-hybridized carbons (Fsp3) is 0.562. The van der Waals surface area contributed by atoms with Crippen LogP contribution in [0.15, 0.2) is 28.7 Å². The van der Waals surface area contributed by atoms with E-state index in [1.807, 2.05) is 45.0 Å². The van der Waals surface area contributed by atoms with Crippen LogP contribution in [0.25, 0.3) is 0 Å². The van der Waals surface area contributed by atoms with Crippen LogP contribution in [0.5, 0.6) is 0 Å². The van der Waals surface area contributed by atoms with Gasteiger partial charge in [0.1, 0.15) is 11.0 Å². The Kier molecular flexibility index (Phi) is 4.96. The Morgan fingerprint density at radius 1 is 1.24 bits per heavy atom. The summed E-state index contributed by atoms with van der Waals surface area (Å²) in [5.74, 6) is 0. The van der Waals surface area contributed by atoms with Crippen molar-refractivity contribution in [1.82, 2.24) is 0 Å². The van der Waals surface area contributed by atoms with Gasteiger partial charge in [0.25, 0.3) is 0 Å². The van der Waals surface area contributed by atoms with Gasteiger partial charge in [0.2, 0.25) is 0 Å². The Labute approximate surface area is 129 Å². The fourth-order valence-electron chi connectivity index (χ4n) is 2.19. The zero-order valence-electron chi connectivity index (χ0n) is 13.0. The van der Waals surface area contributed by atoms with Crippen molar-refractivity contribution in [2.24, 2.45) is 10.1 Å². The van der Waals surface area contributed by atoms with E-state index in [-0.39, 0.29) is 10.3 Å². The first-order chi connectivity index (χ1) is 9.81. The molecule has 0 saturated carbocycles. The fourth-order valence-corrected chi connectivity index (χ4v) is 2.73. The number of hydrogen-bond acceptors (Lipinski definition) is 3. The Hall–Kier alpha value is -1.04. The molecular formula is C16H24N2O2S. The SMILES string of the molecule is CC(C)(C)S(=O)N=Cc1ccc(C2(N)CCOCC2)cc1. The second-order valence-electron chi connectivity index (χ2n) is 6.49. The molecule has 2 rings (SSSR count). The lowest BCUT2D eigenvalue weighted by atomic mass is 9.83. The lowest BCUT2D eigenvalue weighted by molar-refractivity contribution is 0.0522. The number of nitrogens with zero attached hydrogens (tertiary/aromatic N) is 1. The summed E-state index contributed by atoms with van der Waals surface area (Å²) in [5.41, 5.74) is 8.22. The molecule has 1 saturated heterocycles. The first-order valence-electron chi connectivity index (χ1n) is 7.24.